The molecule has 0 spiro atoms. The quantitative estimate of drug-likeness (QED) is 0.910. The molecule has 1 N–H and O–H groups in total. The third-order valence-electron chi connectivity index (χ3n) is 3.88. The number of benzene rings is 1. The summed E-state index contributed by atoms with van der Waals surface area (Å²) in [4.78, 5) is 0. The van der Waals surface area contributed by atoms with Crippen molar-refractivity contribution in [2.75, 3.05) is 19.9 Å². The fraction of sp³-hybridized carbons (Fsp3) is 0.571. The Morgan fingerprint density at radius 3 is 3.11 bits per heavy atom. The van der Waals surface area contributed by atoms with E-state index in [1.807, 2.05) is 6.07 Å². The zero-order valence-electron chi connectivity index (χ0n) is 10.6. The molecule has 1 unspecified atom stereocenters. The van der Waals surface area contributed by atoms with Gasteiger partial charge in [-0.2, -0.15) is 0 Å². The maximum absolute atomic E-state index is 5.64. The van der Waals surface area contributed by atoms with Gasteiger partial charge >= 0.3 is 0 Å². The lowest BCUT2D eigenvalue weighted by Crippen LogP contribution is -2.31. The van der Waals surface area contributed by atoms with Gasteiger partial charge in [-0.3, -0.25) is 0 Å². The number of nitrogens with one attached hydrogen (secondary N) is 1. The number of piperidine rings is 1. The number of rotatable bonds is 2. The van der Waals surface area contributed by atoms with Crippen molar-refractivity contribution >= 4 is 15.9 Å². The Balaban J connectivity index is 1.90. The molecule has 98 valence electrons. The molecular formula is C14H18BrNO2. The molecule has 4 heteroatoms. The average Bonchev–Trinajstić information content (AvgIpc) is 2.84. The topological polar surface area (TPSA) is 30.5 Å². The highest BCUT2D eigenvalue weighted by molar-refractivity contribution is 9.10. The van der Waals surface area contributed by atoms with Gasteiger partial charge in [0.1, 0.15) is 0 Å². The fourth-order valence-corrected chi connectivity index (χ4v) is 3.25. The van der Waals surface area contributed by atoms with Crippen LogP contribution in [0.25, 0.3) is 0 Å². The maximum atomic E-state index is 5.64. The third-order valence-corrected chi connectivity index (χ3v) is 4.70. The number of fused-ring (bicyclic) bond motifs is 1. The summed E-state index contributed by atoms with van der Waals surface area (Å²) >= 11 is 3.61. The second-order valence-corrected chi connectivity index (χ2v) is 5.97. The summed E-state index contributed by atoms with van der Waals surface area (Å²) in [6, 6.07) is 2.01. The number of hydrogen-bond acceptors (Lipinski definition) is 3. The summed E-state index contributed by atoms with van der Waals surface area (Å²) < 4.78 is 12.3. The van der Waals surface area contributed by atoms with Crippen LogP contribution in [-0.2, 0) is 6.42 Å². The van der Waals surface area contributed by atoms with E-state index in [0.29, 0.717) is 12.7 Å². The van der Waals surface area contributed by atoms with E-state index in [0.717, 1.165) is 35.5 Å². The molecule has 1 atom stereocenters. The van der Waals surface area contributed by atoms with Gasteiger partial charge in [-0.05, 0) is 56.8 Å². The van der Waals surface area contributed by atoms with Gasteiger partial charge in [0, 0.05) is 10.0 Å². The van der Waals surface area contributed by atoms with Crippen LogP contribution in [0.5, 0.6) is 11.5 Å². The normalized spacial score (nSPS) is 22.2. The van der Waals surface area contributed by atoms with E-state index >= 15 is 0 Å². The van der Waals surface area contributed by atoms with Crippen LogP contribution in [0.3, 0.4) is 0 Å². The minimum Gasteiger partial charge on any atom is -0.454 e. The first-order valence-electron chi connectivity index (χ1n) is 6.54. The molecule has 2 aliphatic heterocycles. The monoisotopic (exact) mass is 311 g/mol. The van der Waals surface area contributed by atoms with Crippen LogP contribution < -0.4 is 14.8 Å². The first kappa shape index (κ1) is 12.3. The molecule has 0 aliphatic carbocycles. The summed E-state index contributed by atoms with van der Waals surface area (Å²) in [5.41, 5.74) is 2.59. The van der Waals surface area contributed by atoms with E-state index < -0.39 is 0 Å². The lowest BCUT2D eigenvalue weighted by molar-refractivity contribution is 0.173. The van der Waals surface area contributed by atoms with Gasteiger partial charge in [0.2, 0.25) is 6.79 Å². The van der Waals surface area contributed by atoms with Crippen LogP contribution in [0, 0.1) is 12.8 Å². The van der Waals surface area contributed by atoms with Crippen LogP contribution in [0.2, 0.25) is 0 Å². The second-order valence-electron chi connectivity index (χ2n) is 5.11. The predicted molar refractivity (Wildman–Crippen MR) is 74.3 cm³/mol. The predicted octanol–water partition coefficient (Wildman–Crippen LogP) is 3.03. The molecule has 1 fully saturated rings. The molecular weight excluding hydrogens is 294 g/mol. The number of ether oxygens (including phenoxy) is 2. The van der Waals surface area contributed by atoms with Crippen molar-refractivity contribution in [1.29, 1.82) is 0 Å². The largest absolute Gasteiger partial charge is 0.454 e. The van der Waals surface area contributed by atoms with E-state index in [1.165, 1.54) is 24.0 Å². The molecule has 0 radical (unpaired) electrons. The summed E-state index contributed by atoms with van der Waals surface area (Å²) in [6.07, 6.45) is 3.65. The van der Waals surface area contributed by atoms with Crippen molar-refractivity contribution in [3.63, 3.8) is 0 Å². The lowest BCUT2D eigenvalue weighted by Gasteiger charge is -2.24. The van der Waals surface area contributed by atoms with Crippen LogP contribution >= 0.6 is 15.9 Å². The van der Waals surface area contributed by atoms with Crippen LogP contribution in [0.1, 0.15) is 24.0 Å². The van der Waals surface area contributed by atoms with Gasteiger partial charge in [0.15, 0.2) is 11.5 Å². The summed E-state index contributed by atoms with van der Waals surface area (Å²) in [5, 5.41) is 3.47. The van der Waals surface area contributed by atoms with Crippen molar-refractivity contribution in [1.82, 2.24) is 5.32 Å². The van der Waals surface area contributed by atoms with E-state index in [1.54, 1.807) is 0 Å². The van der Waals surface area contributed by atoms with Crippen molar-refractivity contribution in [2.45, 2.75) is 26.2 Å². The molecule has 18 heavy (non-hydrogen) atoms. The number of hydrogen-bond donors (Lipinski definition) is 1. The van der Waals surface area contributed by atoms with Crippen molar-refractivity contribution < 1.29 is 9.47 Å². The summed E-state index contributed by atoms with van der Waals surface area (Å²) in [7, 11) is 0. The molecule has 1 aromatic carbocycles. The first-order valence-corrected chi connectivity index (χ1v) is 7.33. The van der Waals surface area contributed by atoms with Gasteiger partial charge < -0.3 is 14.8 Å². The number of halogens is 1. The average molecular weight is 312 g/mol. The Hall–Kier alpha value is -0.740. The van der Waals surface area contributed by atoms with E-state index in [2.05, 4.69) is 28.2 Å². The Morgan fingerprint density at radius 1 is 1.44 bits per heavy atom. The molecule has 0 aromatic heterocycles. The Kier molecular flexibility index (Phi) is 3.48. The van der Waals surface area contributed by atoms with Gasteiger partial charge in [0.05, 0.1) is 0 Å². The highest BCUT2D eigenvalue weighted by atomic mass is 79.9. The van der Waals surface area contributed by atoms with Gasteiger partial charge in [-0.15, -0.1) is 0 Å². The molecule has 1 saturated heterocycles. The lowest BCUT2D eigenvalue weighted by atomic mass is 9.90. The zero-order valence-corrected chi connectivity index (χ0v) is 12.2. The summed E-state index contributed by atoms with van der Waals surface area (Å²) in [5.74, 6) is 2.55. The van der Waals surface area contributed by atoms with Gasteiger partial charge in [0.25, 0.3) is 0 Å². The van der Waals surface area contributed by atoms with Gasteiger partial charge in [-0.1, -0.05) is 15.9 Å². The third kappa shape index (κ3) is 2.24. The van der Waals surface area contributed by atoms with Crippen LogP contribution in [-0.4, -0.2) is 19.9 Å². The van der Waals surface area contributed by atoms with Gasteiger partial charge in [-0.25, -0.2) is 0 Å². The Morgan fingerprint density at radius 2 is 2.33 bits per heavy atom. The minimum atomic E-state index is 0.348. The highest BCUT2D eigenvalue weighted by Crippen LogP contribution is 2.42. The SMILES string of the molecule is Cc1c(Br)cc2c(c1CC1CCCNC1)OCO2. The van der Waals surface area contributed by atoms with E-state index in [4.69, 9.17) is 9.47 Å². The van der Waals surface area contributed by atoms with Crippen LogP contribution in [0.15, 0.2) is 10.5 Å². The standard InChI is InChI=1S/C14H18BrNO2/c1-9-11(5-10-3-2-4-16-7-10)14-13(6-12(9)15)17-8-18-14/h6,10,16H,2-5,7-8H2,1H3. The highest BCUT2D eigenvalue weighted by Gasteiger charge is 2.24. The molecule has 1 aromatic rings. The fourth-order valence-electron chi connectivity index (χ4n) is 2.80. The zero-order chi connectivity index (χ0) is 12.5. The first-order chi connectivity index (χ1) is 8.75. The van der Waals surface area contributed by atoms with Crippen molar-refractivity contribution in [3.8, 4) is 11.5 Å². The molecule has 2 heterocycles. The smallest absolute Gasteiger partial charge is 0.231 e. The van der Waals surface area contributed by atoms with Crippen molar-refractivity contribution in [2.24, 2.45) is 5.92 Å². The summed E-state index contributed by atoms with van der Waals surface area (Å²) in [6.45, 7) is 4.77. The van der Waals surface area contributed by atoms with Crippen LogP contribution in [0.4, 0.5) is 0 Å². The maximum Gasteiger partial charge on any atom is 0.231 e. The minimum absolute atomic E-state index is 0.348. The molecule has 0 saturated carbocycles. The van der Waals surface area contributed by atoms with E-state index in [-0.39, 0.29) is 0 Å². The molecule has 0 bridgehead atoms. The molecule has 3 rings (SSSR count). The van der Waals surface area contributed by atoms with E-state index in [9.17, 15) is 0 Å². The Bertz CT molecular complexity index is 456. The second kappa shape index (κ2) is 5.10. The van der Waals surface area contributed by atoms with Crippen molar-refractivity contribution in [3.05, 3.63) is 21.7 Å². The Labute approximate surface area is 116 Å². The molecule has 3 nitrogen and oxygen atoms in total. The molecule has 0 amide bonds. The molecule has 2 aliphatic rings.